The van der Waals surface area contributed by atoms with Gasteiger partial charge >= 0.3 is 5.97 Å². The highest BCUT2D eigenvalue weighted by atomic mass is 32.1. The minimum absolute atomic E-state index is 0.205. The highest BCUT2D eigenvalue weighted by Crippen LogP contribution is 2.29. The number of aromatic nitrogens is 1. The van der Waals surface area contributed by atoms with Crippen LogP contribution in [0.4, 0.5) is 16.4 Å². The second-order valence-electron chi connectivity index (χ2n) is 7.23. The Hall–Kier alpha value is -3.77. The summed E-state index contributed by atoms with van der Waals surface area (Å²) in [5.41, 5.74) is 3.74. The molecular formula is C24H27N5O3S. The lowest BCUT2D eigenvalue weighted by atomic mass is 10.2. The Morgan fingerprint density at radius 1 is 1.09 bits per heavy atom. The van der Waals surface area contributed by atoms with Crippen molar-refractivity contribution in [3.63, 3.8) is 0 Å². The molecule has 1 heterocycles. The zero-order chi connectivity index (χ0) is 24.4. The van der Waals surface area contributed by atoms with Crippen molar-refractivity contribution in [3.05, 3.63) is 72.2 Å². The SMILES string of the molecule is C=C(C)C(=C)OCCN(CCOC(=O)C(=C)C)c1ccc(/N=N/c2snc(C)c2C#N)cc1. The number of hydrogen-bond donors (Lipinski definition) is 0. The van der Waals surface area contributed by atoms with Crippen LogP contribution in [-0.4, -0.2) is 36.6 Å². The summed E-state index contributed by atoms with van der Waals surface area (Å²) in [5, 5.41) is 18.1. The number of allylic oxidation sites excluding steroid dienone is 1. The van der Waals surface area contributed by atoms with Gasteiger partial charge in [-0.1, -0.05) is 19.7 Å². The van der Waals surface area contributed by atoms with E-state index in [2.05, 4.69) is 40.4 Å². The molecule has 0 aliphatic rings. The summed E-state index contributed by atoms with van der Waals surface area (Å²) in [5.74, 6) is 0.113. The number of azo groups is 1. The fraction of sp³-hybridized carbons (Fsp3) is 0.292. The molecular weight excluding hydrogens is 438 g/mol. The normalized spacial score (nSPS) is 10.5. The maximum atomic E-state index is 11.7. The lowest BCUT2D eigenvalue weighted by Gasteiger charge is -2.25. The van der Waals surface area contributed by atoms with Gasteiger partial charge in [-0.2, -0.15) is 9.64 Å². The van der Waals surface area contributed by atoms with Crippen LogP contribution in [0.5, 0.6) is 0 Å². The molecule has 0 amide bonds. The highest BCUT2D eigenvalue weighted by Gasteiger charge is 2.11. The van der Waals surface area contributed by atoms with E-state index < -0.39 is 5.97 Å². The van der Waals surface area contributed by atoms with Gasteiger partial charge in [0.25, 0.3) is 0 Å². The van der Waals surface area contributed by atoms with Gasteiger partial charge in [-0.15, -0.1) is 10.2 Å². The van der Waals surface area contributed by atoms with Crippen LogP contribution < -0.4 is 4.90 Å². The van der Waals surface area contributed by atoms with Gasteiger partial charge in [-0.05, 0) is 62.1 Å². The molecule has 0 saturated heterocycles. The summed E-state index contributed by atoms with van der Waals surface area (Å²) in [6.07, 6.45) is 0. The fourth-order valence-corrected chi connectivity index (χ4v) is 3.21. The van der Waals surface area contributed by atoms with Gasteiger partial charge < -0.3 is 14.4 Å². The summed E-state index contributed by atoms with van der Waals surface area (Å²) < 4.78 is 15.0. The second-order valence-corrected chi connectivity index (χ2v) is 7.98. The molecule has 0 N–H and O–H groups in total. The highest BCUT2D eigenvalue weighted by molar-refractivity contribution is 7.10. The van der Waals surface area contributed by atoms with Gasteiger partial charge in [-0.3, -0.25) is 0 Å². The summed E-state index contributed by atoms with van der Waals surface area (Å²) >= 11 is 1.14. The van der Waals surface area contributed by atoms with Crippen molar-refractivity contribution in [2.45, 2.75) is 20.8 Å². The molecule has 0 atom stereocenters. The van der Waals surface area contributed by atoms with Gasteiger partial charge in [0.1, 0.15) is 30.6 Å². The van der Waals surface area contributed by atoms with Gasteiger partial charge in [0.05, 0.1) is 24.5 Å². The molecule has 33 heavy (non-hydrogen) atoms. The number of hydrogen-bond acceptors (Lipinski definition) is 9. The van der Waals surface area contributed by atoms with Crippen LogP contribution in [0, 0.1) is 18.3 Å². The third-order valence-corrected chi connectivity index (χ3v) is 5.31. The predicted octanol–water partition coefficient (Wildman–Crippen LogP) is 5.77. The Labute approximate surface area is 198 Å². The first kappa shape index (κ1) is 25.5. The van der Waals surface area contributed by atoms with Crippen molar-refractivity contribution in [1.29, 1.82) is 5.26 Å². The summed E-state index contributed by atoms with van der Waals surface area (Å²) in [6, 6.07) is 9.52. The number of carbonyl (C=O) groups excluding carboxylic acids is 1. The predicted molar refractivity (Wildman–Crippen MR) is 130 cm³/mol. The van der Waals surface area contributed by atoms with Gasteiger partial charge in [0.2, 0.25) is 0 Å². The molecule has 2 rings (SSSR count). The van der Waals surface area contributed by atoms with Crippen LogP contribution in [0.3, 0.4) is 0 Å². The number of rotatable bonds is 12. The van der Waals surface area contributed by atoms with Crippen molar-refractivity contribution >= 4 is 33.9 Å². The molecule has 0 aliphatic carbocycles. The van der Waals surface area contributed by atoms with E-state index in [0.717, 1.165) is 22.8 Å². The Morgan fingerprint density at radius 3 is 2.30 bits per heavy atom. The molecule has 0 fully saturated rings. The van der Waals surface area contributed by atoms with Gasteiger partial charge in [0.15, 0.2) is 5.00 Å². The van der Waals surface area contributed by atoms with Crippen LogP contribution in [-0.2, 0) is 14.3 Å². The third kappa shape index (κ3) is 7.70. The van der Waals surface area contributed by atoms with E-state index in [9.17, 15) is 10.1 Å². The number of benzene rings is 1. The van der Waals surface area contributed by atoms with E-state index >= 15 is 0 Å². The number of carbonyl (C=O) groups is 1. The van der Waals surface area contributed by atoms with Crippen LogP contribution in [0.15, 0.2) is 71.1 Å². The monoisotopic (exact) mass is 465 g/mol. The van der Waals surface area contributed by atoms with E-state index in [1.165, 1.54) is 0 Å². The average Bonchev–Trinajstić information content (AvgIpc) is 3.15. The molecule has 1 aromatic carbocycles. The van der Waals surface area contributed by atoms with Crippen LogP contribution in [0.25, 0.3) is 0 Å². The zero-order valence-electron chi connectivity index (χ0n) is 19.1. The Bertz CT molecular complexity index is 1060. The quantitative estimate of drug-likeness (QED) is 0.130. The van der Waals surface area contributed by atoms with E-state index in [1.54, 1.807) is 13.8 Å². The van der Waals surface area contributed by atoms with Crippen molar-refractivity contribution in [1.82, 2.24) is 4.37 Å². The molecule has 8 nitrogen and oxygen atoms in total. The summed E-state index contributed by atoms with van der Waals surface area (Å²) in [4.78, 5) is 13.7. The molecule has 0 saturated carbocycles. The van der Waals surface area contributed by atoms with Crippen LogP contribution in [0.1, 0.15) is 25.1 Å². The molecule has 172 valence electrons. The molecule has 9 heteroatoms. The standard InChI is InChI=1S/C24H27N5O3S/c1-16(2)19(6)31-13-11-29(12-14-32-24(30)17(3)4)21-9-7-20(8-10-21)26-27-23-22(15-25)18(5)28-33-23/h7-10H,1,3,6,11-14H2,2,4-5H3/b27-26+. The lowest BCUT2D eigenvalue weighted by Crippen LogP contribution is -2.31. The molecule has 2 aromatic rings. The van der Waals surface area contributed by atoms with Crippen molar-refractivity contribution in [2.75, 3.05) is 31.2 Å². The van der Waals surface area contributed by atoms with E-state index in [4.69, 9.17) is 9.47 Å². The summed E-state index contributed by atoms with van der Waals surface area (Å²) in [6.45, 7) is 18.1. The maximum Gasteiger partial charge on any atom is 0.333 e. The molecule has 0 spiro atoms. The van der Waals surface area contributed by atoms with Crippen molar-refractivity contribution in [3.8, 4) is 6.07 Å². The van der Waals surface area contributed by atoms with Crippen LogP contribution in [0.2, 0.25) is 0 Å². The van der Waals surface area contributed by atoms with Gasteiger partial charge in [-0.25, -0.2) is 4.79 Å². The third-order valence-electron chi connectivity index (χ3n) is 4.48. The van der Waals surface area contributed by atoms with E-state index in [0.29, 0.717) is 53.0 Å². The van der Waals surface area contributed by atoms with Crippen molar-refractivity contribution < 1.29 is 14.3 Å². The smallest absolute Gasteiger partial charge is 0.333 e. The number of nitrogens with zero attached hydrogens (tertiary/aromatic N) is 5. The van der Waals surface area contributed by atoms with Crippen molar-refractivity contribution in [2.24, 2.45) is 10.2 Å². The zero-order valence-corrected chi connectivity index (χ0v) is 19.9. The largest absolute Gasteiger partial charge is 0.492 e. The molecule has 1 aromatic heterocycles. The first-order valence-corrected chi connectivity index (χ1v) is 10.9. The minimum Gasteiger partial charge on any atom is -0.492 e. The average molecular weight is 466 g/mol. The molecule has 0 unspecified atom stereocenters. The molecule has 0 radical (unpaired) electrons. The van der Waals surface area contributed by atoms with Gasteiger partial charge in [0, 0.05) is 11.3 Å². The minimum atomic E-state index is -0.423. The number of aryl methyl sites for hydroxylation is 1. The first-order chi connectivity index (χ1) is 15.7. The number of ether oxygens (including phenoxy) is 2. The maximum absolute atomic E-state index is 11.7. The molecule has 0 aliphatic heterocycles. The number of esters is 1. The summed E-state index contributed by atoms with van der Waals surface area (Å²) in [7, 11) is 0. The Morgan fingerprint density at radius 2 is 1.73 bits per heavy atom. The van der Waals surface area contributed by atoms with E-state index in [-0.39, 0.29) is 6.61 Å². The fourth-order valence-electron chi connectivity index (χ4n) is 2.53. The topological polar surface area (TPSA) is 100 Å². The Balaban J connectivity index is 2.08. The molecule has 0 bridgehead atoms. The van der Waals surface area contributed by atoms with Crippen LogP contribution >= 0.6 is 11.5 Å². The number of nitriles is 1. The Kier molecular flexibility index (Phi) is 9.51. The second kappa shape index (κ2) is 12.3. The first-order valence-electron chi connectivity index (χ1n) is 10.2. The van der Waals surface area contributed by atoms with E-state index in [1.807, 2.05) is 36.1 Å². The lowest BCUT2D eigenvalue weighted by molar-refractivity contribution is -0.138. The number of anilines is 1.